The predicted octanol–water partition coefficient (Wildman–Crippen LogP) is 4.78. The molecule has 0 rings (SSSR count). The molecule has 23 heavy (non-hydrogen) atoms. The minimum Gasteiger partial charge on any atom is -0.300 e. The summed E-state index contributed by atoms with van der Waals surface area (Å²) in [5.74, 6) is 0.0743. The third kappa shape index (κ3) is 12.6. The van der Waals surface area contributed by atoms with E-state index in [0.717, 1.165) is 12.8 Å². The van der Waals surface area contributed by atoms with E-state index in [2.05, 4.69) is 0 Å². The van der Waals surface area contributed by atoms with Crippen LogP contribution in [0.4, 0.5) is 0 Å². The fourth-order valence-corrected chi connectivity index (χ4v) is 1.78. The zero-order chi connectivity index (χ0) is 18.5. The summed E-state index contributed by atoms with van der Waals surface area (Å²) < 4.78 is 0. The van der Waals surface area contributed by atoms with Gasteiger partial charge in [-0.05, 0) is 82.1 Å². The third-order valence-electron chi connectivity index (χ3n) is 3.01. The molecule has 0 unspecified atom stereocenters. The van der Waals surface area contributed by atoms with Crippen LogP contribution in [0.5, 0.6) is 0 Å². The molecule has 5 heteroatoms. The maximum Gasteiger partial charge on any atom is 0.132 e. The lowest BCUT2D eigenvalue weighted by Gasteiger charge is -2.33. The molecule has 0 aliphatic rings. The van der Waals surface area contributed by atoms with Gasteiger partial charge in [-0.2, -0.15) is 0 Å². The summed E-state index contributed by atoms with van der Waals surface area (Å²) in [6, 6.07) is 0. The highest BCUT2D eigenvalue weighted by Crippen LogP contribution is 2.28. The molecule has 138 valence electrons. The first-order valence-electron chi connectivity index (χ1n) is 8.27. The Bertz CT molecular complexity index is 377. The summed E-state index contributed by atoms with van der Waals surface area (Å²) in [5, 5.41) is 0. The molecule has 0 aliphatic carbocycles. The van der Waals surface area contributed by atoms with Crippen molar-refractivity contribution in [3.63, 3.8) is 0 Å². The van der Waals surface area contributed by atoms with E-state index in [9.17, 15) is 4.79 Å². The van der Waals surface area contributed by atoms with Gasteiger partial charge in [-0.25, -0.2) is 19.6 Å². The highest BCUT2D eigenvalue weighted by Gasteiger charge is 2.31. The van der Waals surface area contributed by atoms with Gasteiger partial charge in [-0.1, -0.05) is 0 Å². The van der Waals surface area contributed by atoms with E-state index in [1.54, 1.807) is 6.92 Å². The van der Waals surface area contributed by atoms with Crippen LogP contribution in [0.25, 0.3) is 0 Å². The predicted molar refractivity (Wildman–Crippen MR) is 90.9 cm³/mol. The van der Waals surface area contributed by atoms with Crippen LogP contribution >= 0.6 is 0 Å². The van der Waals surface area contributed by atoms with Crippen molar-refractivity contribution < 1.29 is 24.3 Å². The zero-order valence-electron chi connectivity index (χ0n) is 16.7. The van der Waals surface area contributed by atoms with Crippen molar-refractivity contribution in [3.05, 3.63) is 0 Å². The quantitative estimate of drug-likeness (QED) is 0.426. The lowest BCUT2D eigenvalue weighted by Crippen LogP contribution is -2.36. The first-order valence-corrected chi connectivity index (χ1v) is 8.27. The van der Waals surface area contributed by atoms with Crippen LogP contribution in [0.2, 0.25) is 0 Å². The fourth-order valence-electron chi connectivity index (χ4n) is 1.78. The van der Waals surface area contributed by atoms with Crippen molar-refractivity contribution in [2.24, 2.45) is 0 Å². The number of carbonyl (C=O) groups is 1. The van der Waals surface area contributed by atoms with Crippen LogP contribution in [0.15, 0.2) is 0 Å². The second-order valence-corrected chi connectivity index (χ2v) is 9.10. The molecule has 0 aromatic heterocycles. The molecule has 0 spiro atoms. The molecule has 0 aliphatic heterocycles. The van der Waals surface area contributed by atoms with Crippen LogP contribution < -0.4 is 0 Å². The molecular weight excluding hydrogens is 296 g/mol. The summed E-state index contributed by atoms with van der Waals surface area (Å²) in [6.45, 7) is 18.9. The average Bonchev–Trinajstić information content (AvgIpc) is 2.30. The van der Waals surface area contributed by atoms with Gasteiger partial charge < -0.3 is 0 Å². The van der Waals surface area contributed by atoms with Crippen LogP contribution in [-0.2, 0) is 24.3 Å². The number of hydrogen-bond donors (Lipinski definition) is 0. The van der Waals surface area contributed by atoms with E-state index in [-0.39, 0.29) is 11.4 Å². The second-order valence-electron chi connectivity index (χ2n) is 9.10. The Morgan fingerprint density at radius 3 is 1.35 bits per heavy atom. The normalized spacial score (nSPS) is 14.2. The largest absolute Gasteiger partial charge is 0.300 e. The van der Waals surface area contributed by atoms with Gasteiger partial charge in [0.25, 0.3) is 0 Å². The Morgan fingerprint density at radius 1 is 0.652 bits per heavy atom. The standard InChI is InChI=1S/C18H36O5/c1-14(19)13-18(9,10)23-22-17(7,8)12-11-16(5,6)21-20-15(2,3)4/h11-13H2,1-10H3. The van der Waals surface area contributed by atoms with Gasteiger partial charge in [0.1, 0.15) is 11.4 Å². The van der Waals surface area contributed by atoms with E-state index in [1.807, 2.05) is 62.3 Å². The van der Waals surface area contributed by atoms with Crippen molar-refractivity contribution in [1.82, 2.24) is 0 Å². The van der Waals surface area contributed by atoms with Crippen molar-refractivity contribution in [2.45, 2.75) is 111 Å². The van der Waals surface area contributed by atoms with Crippen LogP contribution in [0.3, 0.4) is 0 Å². The first-order chi connectivity index (χ1) is 10.0. The van der Waals surface area contributed by atoms with Gasteiger partial charge in [0.2, 0.25) is 0 Å². The van der Waals surface area contributed by atoms with Crippen LogP contribution in [0, 0.1) is 0 Å². The van der Waals surface area contributed by atoms with E-state index in [0.29, 0.717) is 6.42 Å². The fraction of sp³-hybridized carbons (Fsp3) is 0.944. The molecule has 0 N–H and O–H groups in total. The molecule has 0 amide bonds. The summed E-state index contributed by atoms with van der Waals surface area (Å²) >= 11 is 0. The molecule has 0 bridgehead atoms. The van der Waals surface area contributed by atoms with E-state index in [4.69, 9.17) is 19.6 Å². The van der Waals surface area contributed by atoms with E-state index in [1.165, 1.54) is 0 Å². The zero-order valence-corrected chi connectivity index (χ0v) is 16.7. The maximum atomic E-state index is 11.2. The second kappa shape index (κ2) is 8.06. The maximum absolute atomic E-state index is 11.2. The Labute approximate surface area is 141 Å². The molecule has 0 saturated carbocycles. The van der Waals surface area contributed by atoms with Crippen molar-refractivity contribution in [3.8, 4) is 0 Å². The molecule has 0 radical (unpaired) electrons. The van der Waals surface area contributed by atoms with Gasteiger partial charge in [0, 0.05) is 6.42 Å². The molecular formula is C18H36O5. The highest BCUT2D eigenvalue weighted by atomic mass is 17.2. The topological polar surface area (TPSA) is 54.0 Å². The van der Waals surface area contributed by atoms with E-state index < -0.39 is 16.8 Å². The SMILES string of the molecule is CC(=O)CC(C)(C)OOC(C)(C)CCC(C)(C)OOC(C)(C)C. The summed E-state index contributed by atoms with van der Waals surface area (Å²) in [4.78, 5) is 33.3. The molecule has 0 fully saturated rings. The Hall–Kier alpha value is -0.490. The smallest absolute Gasteiger partial charge is 0.132 e. The van der Waals surface area contributed by atoms with Gasteiger partial charge in [0.05, 0.1) is 16.8 Å². The van der Waals surface area contributed by atoms with Crippen molar-refractivity contribution in [2.75, 3.05) is 0 Å². The number of hydrogen-bond acceptors (Lipinski definition) is 5. The Morgan fingerprint density at radius 2 is 1.00 bits per heavy atom. The third-order valence-corrected chi connectivity index (χ3v) is 3.01. The number of rotatable bonds is 10. The molecule has 0 aromatic rings. The van der Waals surface area contributed by atoms with Crippen molar-refractivity contribution in [1.29, 1.82) is 0 Å². The summed E-state index contributed by atoms with van der Waals surface area (Å²) in [7, 11) is 0. The number of ketones is 1. The molecule has 0 saturated heterocycles. The molecule has 5 nitrogen and oxygen atoms in total. The van der Waals surface area contributed by atoms with Gasteiger partial charge >= 0.3 is 0 Å². The molecule has 0 atom stereocenters. The van der Waals surface area contributed by atoms with Gasteiger partial charge in [-0.15, -0.1) is 0 Å². The van der Waals surface area contributed by atoms with Crippen LogP contribution in [0.1, 0.15) is 88.5 Å². The minimum atomic E-state index is -0.634. The lowest BCUT2D eigenvalue weighted by atomic mass is 9.94. The first kappa shape index (κ1) is 22.5. The summed E-state index contributed by atoms with van der Waals surface area (Å²) in [5.41, 5.74) is -1.90. The highest BCUT2D eigenvalue weighted by molar-refractivity contribution is 5.76. The molecule has 0 aromatic carbocycles. The lowest BCUT2D eigenvalue weighted by molar-refractivity contribution is -0.411. The average molecular weight is 332 g/mol. The monoisotopic (exact) mass is 332 g/mol. The van der Waals surface area contributed by atoms with Gasteiger partial charge in [0.15, 0.2) is 0 Å². The number of Topliss-reactive ketones (excluding diaryl/α,β-unsaturated/α-hetero) is 1. The number of carbonyl (C=O) groups excluding carboxylic acids is 1. The van der Waals surface area contributed by atoms with E-state index >= 15 is 0 Å². The van der Waals surface area contributed by atoms with Crippen molar-refractivity contribution >= 4 is 5.78 Å². The Kier molecular flexibility index (Phi) is 7.89. The van der Waals surface area contributed by atoms with Gasteiger partial charge in [-0.3, -0.25) is 4.79 Å². The molecule has 0 heterocycles. The van der Waals surface area contributed by atoms with Crippen LogP contribution in [-0.4, -0.2) is 28.2 Å². The minimum absolute atomic E-state index is 0.0743. The summed E-state index contributed by atoms with van der Waals surface area (Å²) in [6.07, 6.45) is 1.79. The Balaban J connectivity index is 4.38.